The van der Waals surface area contributed by atoms with Crippen molar-refractivity contribution in [3.05, 3.63) is 16.1 Å². The molecule has 3 rings (SSSR count). The van der Waals surface area contributed by atoms with Crippen molar-refractivity contribution in [3.63, 3.8) is 0 Å². The molecule has 3 heterocycles. The van der Waals surface area contributed by atoms with E-state index >= 15 is 0 Å². The lowest BCUT2D eigenvalue weighted by atomic mass is 10.1. The summed E-state index contributed by atoms with van der Waals surface area (Å²) in [6, 6.07) is 0. The predicted molar refractivity (Wildman–Crippen MR) is 75.6 cm³/mol. The van der Waals surface area contributed by atoms with E-state index < -0.39 is 0 Å². The summed E-state index contributed by atoms with van der Waals surface area (Å²) >= 11 is 1.71. The van der Waals surface area contributed by atoms with Gasteiger partial charge < -0.3 is 9.47 Å². The van der Waals surface area contributed by atoms with Gasteiger partial charge in [0.2, 0.25) is 0 Å². The molecule has 2 aliphatic rings. The number of hydrogen-bond acceptors (Lipinski definition) is 5. The van der Waals surface area contributed by atoms with E-state index in [1.807, 2.05) is 6.92 Å². The zero-order valence-electron chi connectivity index (χ0n) is 11.5. The molecule has 0 unspecified atom stereocenters. The van der Waals surface area contributed by atoms with E-state index in [9.17, 15) is 0 Å². The third-order valence-electron chi connectivity index (χ3n) is 3.80. The minimum absolute atomic E-state index is 0.149. The van der Waals surface area contributed by atoms with Crippen molar-refractivity contribution in [2.24, 2.45) is 0 Å². The van der Waals surface area contributed by atoms with Crippen LogP contribution in [0.4, 0.5) is 0 Å². The van der Waals surface area contributed by atoms with Crippen LogP contribution >= 0.6 is 11.3 Å². The zero-order chi connectivity index (χ0) is 13.1. The predicted octanol–water partition coefficient (Wildman–Crippen LogP) is 2.39. The van der Waals surface area contributed by atoms with Gasteiger partial charge in [-0.3, -0.25) is 4.90 Å². The van der Waals surface area contributed by atoms with Crippen LogP contribution in [0.2, 0.25) is 0 Å². The molecule has 19 heavy (non-hydrogen) atoms. The number of aryl methyl sites for hydroxylation is 1. The molecule has 0 spiro atoms. The Balaban J connectivity index is 1.55. The highest BCUT2D eigenvalue weighted by molar-refractivity contribution is 7.09. The first-order valence-corrected chi connectivity index (χ1v) is 8.07. The molecular weight excluding hydrogens is 260 g/mol. The SMILES string of the molecule is Cc1csc([C@@H]2CN(C[C@H]3CCCCO3)CCO2)n1. The molecule has 2 saturated heterocycles. The van der Waals surface area contributed by atoms with Gasteiger partial charge in [-0.25, -0.2) is 4.98 Å². The molecule has 1 aromatic heterocycles. The van der Waals surface area contributed by atoms with Gasteiger partial charge in [0.15, 0.2) is 0 Å². The maximum Gasteiger partial charge on any atom is 0.123 e. The molecule has 0 aromatic carbocycles. The van der Waals surface area contributed by atoms with Gasteiger partial charge in [0.1, 0.15) is 11.1 Å². The fraction of sp³-hybridized carbons (Fsp3) is 0.786. The Morgan fingerprint density at radius 1 is 1.37 bits per heavy atom. The van der Waals surface area contributed by atoms with Crippen molar-refractivity contribution < 1.29 is 9.47 Å². The average molecular weight is 282 g/mol. The molecule has 0 N–H and O–H groups in total. The van der Waals surface area contributed by atoms with Crippen LogP contribution in [0.3, 0.4) is 0 Å². The summed E-state index contributed by atoms with van der Waals surface area (Å²) < 4.78 is 11.7. The number of hydrogen-bond donors (Lipinski definition) is 0. The van der Waals surface area contributed by atoms with E-state index in [-0.39, 0.29) is 6.10 Å². The van der Waals surface area contributed by atoms with E-state index in [1.54, 1.807) is 11.3 Å². The number of ether oxygens (including phenoxy) is 2. The van der Waals surface area contributed by atoms with Gasteiger partial charge in [-0.05, 0) is 26.2 Å². The summed E-state index contributed by atoms with van der Waals surface area (Å²) in [7, 11) is 0. The molecule has 1 aromatic rings. The van der Waals surface area contributed by atoms with Crippen molar-refractivity contribution in [2.45, 2.75) is 38.4 Å². The van der Waals surface area contributed by atoms with Crippen LogP contribution in [-0.4, -0.2) is 48.8 Å². The Labute approximate surface area is 118 Å². The third kappa shape index (κ3) is 3.54. The summed E-state index contributed by atoms with van der Waals surface area (Å²) in [4.78, 5) is 7.02. The first-order chi connectivity index (χ1) is 9.31. The molecule has 2 atom stereocenters. The quantitative estimate of drug-likeness (QED) is 0.852. The summed E-state index contributed by atoms with van der Waals surface area (Å²) in [6.07, 6.45) is 4.31. The van der Waals surface area contributed by atoms with Crippen molar-refractivity contribution in [1.82, 2.24) is 9.88 Å². The minimum Gasteiger partial charge on any atom is -0.377 e. The topological polar surface area (TPSA) is 34.6 Å². The molecular formula is C14H22N2O2S. The second kappa shape index (κ2) is 6.31. The molecule has 0 bridgehead atoms. The Bertz CT molecular complexity index is 404. The lowest BCUT2D eigenvalue weighted by molar-refractivity contribution is -0.0611. The van der Waals surface area contributed by atoms with E-state index in [0.29, 0.717) is 6.10 Å². The van der Waals surface area contributed by atoms with Gasteiger partial charge in [0.25, 0.3) is 0 Å². The fourth-order valence-corrected chi connectivity index (χ4v) is 3.61. The van der Waals surface area contributed by atoms with Gasteiger partial charge in [-0.15, -0.1) is 11.3 Å². The van der Waals surface area contributed by atoms with E-state index in [0.717, 1.165) is 43.5 Å². The lowest BCUT2D eigenvalue weighted by Gasteiger charge is -2.35. The van der Waals surface area contributed by atoms with E-state index in [4.69, 9.17) is 9.47 Å². The maximum absolute atomic E-state index is 5.86. The second-order valence-corrected chi connectivity index (χ2v) is 6.32. The van der Waals surface area contributed by atoms with Crippen molar-refractivity contribution in [1.29, 1.82) is 0 Å². The fourth-order valence-electron chi connectivity index (χ4n) is 2.78. The van der Waals surface area contributed by atoms with Gasteiger partial charge in [-0.2, -0.15) is 0 Å². The maximum atomic E-state index is 5.86. The van der Waals surface area contributed by atoms with Gasteiger partial charge in [-0.1, -0.05) is 0 Å². The Morgan fingerprint density at radius 3 is 3.05 bits per heavy atom. The summed E-state index contributed by atoms with van der Waals surface area (Å²) in [5, 5.41) is 3.22. The molecule has 0 saturated carbocycles. The third-order valence-corrected chi connectivity index (χ3v) is 4.85. The van der Waals surface area contributed by atoms with Gasteiger partial charge in [0.05, 0.1) is 12.7 Å². The molecule has 4 nitrogen and oxygen atoms in total. The highest BCUT2D eigenvalue weighted by Gasteiger charge is 2.26. The lowest BCUT2D eigenvalue weighted by Crippen LogP contribution is -2.43. The Hall–Kier alpha value is -0.490. The smallest absolute Gasteiger partial charge is 0.123 e. The normalized spacial score (nSPS) is 29.5. The zero-order valence-corrected chi connectivity index (χ0v) is 12.3. The molecule has 0 amide bonds. The van der Waals surface area contributed by atoms with Crippen LogP contribution in [0.1, 0.15) is 36.1 Å². The number of nitrogens with zero attached hydrogens (tertiary/aromatic N) is 2. The Kier molecular flexibility index (Phi) is 4.48. The van der Waals surface area contributed by atoms with Crippen LogP contribution in [0, 0.1) is 6.92 Å². The highest BCUT2D eigenvalue weighted by Crippen LogP contribution is 2.26. The highest BCUT2D eigenvalue weighted by atomic mass is 32.1. The first kappa shape index (κ1) is 13.5. The standard InChI is InChI=1S/C14H22N2O2S/c1-11-10-19-14(15-11)13-9-16(5-7-18-13)8-12-4-2-3-6-17-12/h10,12-13H,2-9H2,1H3/t12-,13+/m1/s1. The van der Waals surface area contributed by atoms with E-state index in [1.165, 1.54) is 19.3 Å². The summed E-state index contributed by atoms with van der Waals surface area (Å²) in [6.45, 7) is 6.79. The Morgan fingerprint density at radius 2 is 2.32 bits per heavy atom. The molecule has 2 fully saturated rings. The van der Waals surface area contributed by atoms with Crippen LogP contribution < -0.4 is 0 Å². The van der Waals surface area contributed by atoms with Crippen molar-refractivity contribution in [3.8, 4) is 0 Å². The van der Waals surface area contributed by atoms with Crippen LogP contribution in [0.5, 0.6) is 0 Å². The van der Waals surface area contributed by atoms with Crippen LogP contribution in [-0.2, 0) is 9.47 Å². The summed E-state index contributed by atoms with van der Waals surface area (Å²) in [5.74, 6) is 0. The molecule has 0 aliphatic carbocycles. The van der Waals surface area contributed by atoms with Gasteiger partial charge in [0, 0.05) is 37.3 Å². The van der Waals surface area contributed by atoms with Crippen LogP contribution in [0.15, 0.2) is 5.38 Å². The van der Waals surface area contributed by atoms with Crippen molar-refractivity contribution in [2.75, 3.05) is 32.8 Å². The van der Waals surface area contributed by atoms with Crippen LogP contribution in [0.25, 0.3) is 0 Å². The summed E-state index contributed by atoms with van der Waals surface area (Å²) in [5.41, 5.74) is 1.09. The number of rotatable bonds is 3. The van der Waals surface area contributed by atoms with Gasteiger partial charge >= 0.3 is 0 Å². The number of morpholine rings is 1. The molecule has 106 valence electrons. The molecule has 0 radical (unpaired) electrons. The molecule has 2 aliphatic heterocycles. The average Bonchev–Trinajstić information content (AvgIpc) is 2.87. The van der Waals surface area contributed by atoms with E-state index in [2.05, 4.69) is 15.3 Å². The molecule has 5 heteroatoms. The first-order valence-electron chi connectivity index (χ1n) is 7.19. The second-order valence-electron chi connectivity index (χ2n) is 5.43. The number of thiazole rings is 1. The minimum atomic E-state index is 0.149. The number of aromatic nitrogens is 1. The monoisotopic (exact) mass is 282 g/mol. The van der Waals surface area contributed by atoms with Crippen molar-refractivity contribution >= 4 is 11.3 Å². The largest absolute Gasteiger partial charge is 0.377 e.